The second-order valence-corrected chi connectivity index (χ2v) is 7.84. The number of benzene rings is 2. The second kappa shape index (κ2) is 9.77. The third kappa shape index (κ3) is 5.00. The Kier molecular flexibility index (Phi) is 7.07. The number of methoxy groups -OCH3 is 1. The number of hydrogen-bond donors (Lipinski definition) is 1. The molecule has 0 saturated heterocycles. The average molecular weight is 485 g/mol. The van der Waals surface area contributed by atoms with Crippen LogP contribution in [0.2, 0.25) is 10.0 Å². The van der Waals surface area contributed by atoms with Crippen molar-refractivity contribution in [2.75, 3.05) is 12.4 Å². The lowest BCUT2D eigenvalue weighted by molar-refractivity contribution is -0.384. The topological polar surface area (TPSA) is 110 Å². The van der Waals surface area contributed by atoms with Crippen molar-refractivity contribution in [3.63, 3.8) is 0 Å². The number of nitrogens with one attached hydrogen (secondary N) is 1. The first kappa shape index (κ1) is 23.9. The number of nitro groups is 1. The SMILES string of the molecule is COc1ccc(NC(=O)/C(C#N)=C/c2cc(C)n(-c3ccc(Cl)c(Cl)c3)c2C)c([N+](=O)[O-])c1. The minimum absolute atomic E-state index is 0.0479. The molecule has 3 aromatic rings. The molecule has 1 heterocycles. The molecule has 0 aliphatic rings. The molecule has 2 aromatic carbocycles. The van der Waals surface area contributed by atoms with E-state index in [2.05, 4.69) is 5.32 Å². The highest BCUT2D eigenvalue weighted by atomic mass is 35.5. The van der Waals surface area contributed by atoms with Crippen LogP contribution in [0.25, 0.3) is 11.8 Å². The predicted molar refractivity (Wildman–Crippen MR) is 127 cm³/mol. The van der Waals surface area contributed by atoms with Gasteiger partial charge < -0.3 is 14.6 Å². The lowest BCUT2D eigenvalue weighted by Gasteiger charge is -2.11. The molecule has 0 spiro atoms. The number of halogens is 2. The van der Waals surface area contributed by atoms with Crippen LogP contribution in [0.15, 0.2) is 48.0 Å². The number of carbonyl (C=O) groups excluding carboxylic acids is 1. The van der Waals surface area contributed by atoms with E-state index in [1.165, 1.54) is 31.4 Å². The maximum Gasteiger partial charge on any atom is 0.296 e. The molecule has 0 aliphatic carbocycles. The number of carbonyl (C=O) groups is 1. The van der Waals surface area contributed by atoms with Gasteiger partial charge in [-0.05, 0) is 61.9 Å². The van der Waals surface area contributed by atoms with Gasteiger partial charge in [0.2, 0.25) is 0 Å². The maximum absolute atomic E-state index is 12.7. The molecule has 1 N–H and O–H groups in total. The van der Waals surface area contributed by atoms with E-state index in [-0.39, 0.29) is 22.7 Å². The minimum atomic E-state index is -0.773. The van der Waals surface area contributed by atoms with Gasteiger partial charge in [0.15, 0.2) is 0 Å². The third-order valence-corrected chi connectivity index (χ3v) is 5.69. The molecule has 0 unspecified atom stereocenters. The molecular formula is C23H18Cl2N4O4. The van der Waals surface area contributed by atoms with Crippen molar-refractivity contribution in [3.05, 3.63) is 85.1 Å². The zero-order valence-electron chi connectivity index (χ0n) is 17.8. The minimum Gasteiger partial charge on any atom is -0.496 e. The predicted octanol–water partition coefficient (Wildman–Crippen LogP) is 5.86. The van der Waals surface area contributed by atoms with Gasteiger partial charge in [-0.3, -0.25) is 14.9 Å². The summed E-state index contributed by atoms with van der Waals surface area (Å²) in [6.07, 6.45) is 1.43. The molecule has 33 heavy (non-hydrogen) atoms. The summed E-state index contributed by atoms with van der Waals surface area (Å²) in [5.74, 6) is -0.504. The molecule has 0 radical (unpaired) electrons. The molecule has 168 valence electrons. The number of amides is 1. The van der Waals surface area contributed by atoms with Gasteiger partial charge in [-0.1, -0.05) is 23.2 Å². The number of rotatable bonds is 6. The van der Waals surface area contributed by atoms with E-state index in [1.54, 1.807) is 12.1 Å². The molecule has 1 amide bonds. The molecule has 0 saturated carbocycles. The fourth-order valence-corrected chi connectivity index (χ4v) is 3.64. The summed E-state index contributed by atoms with van der Waals surface area (Å²) >= 11 is 12.2. The van der Waals surface area contributed by atoms with Crippen molar-refractivity contribution in [3.8, 4) is 17.5 Å². The Hall–Kier alpha value is -3.80. The van der Waals surface area contributed by atoms with E-state index in [0.29, 0.717) is 15.6 Å². The molecular weight excluding hydrogens is 467 g/mol. The first-order chi connectivity index (χ1) is 15.7. The first-order valence-electron chi connectivity index (χ1n) is 9.56. The summed E-state index contributed by atoms with van der Waals surface area (Å²) in [6, 6.07) is 12.9. The standard InChI is InChI=1S/C23H18Cl2N4O4/c1-13-8-15(14(2)28(13)17-4-6-19(24)20(25)10-17)9-16(12-26)23(30)27-21-7-5-18(33-3)11-22(21)29(31)32/h4-11H,1-3H3,(H,27,30)/b16-9+. The van der Waals surface area contributed by atoms with Crippen LogP contribution in [0.4, 0.5) is 11.4 Å². The van der Waals surface area contributed by atoms with Gasteiger partial charge >= 0.3 is 0 Å². The Labute approximate surface area is 199 Å². The summed E-state index contributed by atoms with van der Waals surface area (Å²) in [5.41, 5.74) is 2.41. The largest absolute Gasteiger partial charge is 0.496 e. The number of nitriles is 1. The normalized spacial score (nSPS) is 11.1. The molecule has 3 rings (SSSR count). The van der Waals surface area contributed by atoms with Crippen LogP contribution >= 0.6 is 23.2 Å². The highest BCUT2D eigenvalue weighted by Crippen LogP contribution is 2.30. The lowest BCUT2D eigenvalue weighted by atomic mass is 10.1. The van der Waals surface area contributed by atoms with Crippen molar-refractivity contribution >= 4 is 46.6 Å². The quantitative estimate of drug-likeness (QED) is 0.203. The van der Waals surface area contributed by atoms with Crippen molar-refractivity contribution < 1.29 is 14.5 Å². The van der Waals surface area contributed by atoms with E-state index in [1.807, 2.05) is 36.6 Å². The van der Waals surface area contributed by atoms with Gasteiger partial charge in [0.25, 0.3) is 11.6 Å². The lowest BCUT2D eigenvalue weighted by Crippen LogP contribution is -2.14. The van der Waals surface area contributed by atoms with Gasteiger partial charge in [0.1, 0.15) is 23.1 Å². The Morgan fingerprint density at radius 1 is 1.18 bits per heavy atom. The molecule has 0 bridgehead atoms. The number of hydrogen-bond acceptors (Lipinski definition) is 5. The van der Waals surface area contributed by atoms with Crippen LogP contribution in [0.3, 0.4) is 0 Å². The number of nitro benzene ring substituents is 1. The number of aromatic nitrogens is 1. The summed E-state index contributed by atoms with van der Waals surface area (Å²) in [7, 11) is 1.38. The summed E-state index contributed by atoms with van der Waals surface area (Å²) in [6.45, 7) is 3.71. The van der Waals surface area contributed by atoms with Crippen molar-refractivity contribution in [1.29, 1.82) is 5.26 Å². The Morgan fingerprint density at radius 3 is 2.52 bits per heavy atom. The molecule has 0 fully saturated rings. The summed E-state index contributed by atoms with van der Waals surface area (Å²) in [4.78, 5) is 23.5. The van der Waals surface area contributed by atoms with Crippen LogP contribution in [0.1, 0.15) is 17.0 Å². The van der Waals surface area contributed by atoms with Crippen LogP contribution in [0, 0.1) is 35.3 Å². The third-order valence-electron chi connectivity index (χ3n) is 4.95. The van der Waals surface area contributed by atoms with Crippen molar-refractivity contribution in [2.45, 2.75) is 13.8 Å². The molecule has 10 heteroatoms. The highest BCUT2D eigenvalue weighted by Gasteiger charge is 2.20. The Balaban J connectivity index is 1.96. The number of nitrogens with zero attached hydrogens (tertiary/aromatic N) is 3. The number of anilines is 1. The van der Waals surface area contributed by atoms with Crippen LogP contribution in [0.5, 0.6) is 5.75 Å². The van der Waals surface area contributed by atoms with E-state index >= 15 is 0 Å². The van der Waals surface area contributed by atoms with Crippen LogP contribution in [-0.4, -0.2) is 22.5 Å². The zero-order chi connectivity index (χ0) is 24.3. The molecule has 1 aromatic heterocycles. The fourth-order valence-electron chi connectivity index (χ4n) is 3.34. The maximum atomic E-state index is 12.7. The van der Waals surface area contributed by atoms with Gasteiger partial charge in [-0.2, -0.15) is 5.26 Å². The van der Waals surface area contributed by atoms with Gasteiger partial charge in [-0.15, -0.1) is 0 Å². The van der Waals surface area contributed by atoms with Crippen LogP contribution in [-0.2, 0) is 4.79 Å². The first-order valence-corrected chi connectivity index (χ1v) is 10.3. The van der Waals surface area contributed by atoms with Crippen molar-refractivity contribution in [2.24, 2.45) is 0 Å². The summed E-state index contributed by atoms with van der Waals surface area (Å²) < 4.78 is 6.90. The van der Waals surface area contributed by atoms with E-state index in [4.69, 9.17) is 27.9 Å². The van der Waals surface area contributed by atoms with Gasteiger partial charge in [0.05, 0.1) is 28.1 Å². The number of aryl methyl sites for hydroxylation is 1. The number of ether oxygens (including phenoxy) is 1. The van der Waals surface area contributed by atoms with E-state index < -0.39 is 10.8 Å². The monoisotopic (exact) mass is 484 g/mol. The van der Waals surface area contributed by atoms with E-state index in [9.17, 15) is 20.2 Å². The van der Waals surface area contributed by atoms with Gasteiger partial charge in [0, 0.05) is 17.1 Å². The Morgan fingerprint density at radius 2 is 1.91 bits per heavy atom. The van der Waals surface area contributed by atoms with E-state index in [0.717, 1.165) is 17.1 Å². The average Bonchev–Trinajstić information content (AvgIpc) is 3.06. The zero-order valence-corrected chi connectivity index (χ0v) is 19.4. The van der Waals surface area contributed by atoms with Gasteiger partial charge in [-0.25, -0.2) is 0 Å². The molecule has 0 atom stereocenters. The smallest absolute Gasteiger partial charge is 0.296 e. The Bertz CT molecular complexity index is 1340. The summed E-state index contributed by atoms with van der Waals surface area (Å²) in [5, 5.41) is 24.2. The fraction of sp³-hybridized carbons (Fsp3) is 0.130. The second-order valence-electron chi connectivity index (χ2n) is 7.02. The highest BCUT2D eigenvalue weighted by molar-refractivity contribution is 6.42. The van der Waals surface area contributed by atoms with Crippen LogP contribution < -0.4 is 10.1 Å². The molecule has 8 nitrogen and oxygen atoms in total. The molecule has 0 aliphatic heterocycles. The van der Waals surface area contributed by atoms with Crippen molar-refractivity contribution in [1.82, 2.24) is 4.57 Å².